The SMILES string of the molecule is O=[N+]([O-])C1C(O)C=C2N=NCCN21. The predicted octanol–water partition coefficient (Wildman–Crippen LogP) is -0.427. The molecule has 0 aliphatic carbocycles. The first-order valence-corrected chi connectivity index (χ1v) is 3.87. The van der Waals surface area contributed by atoms with Gasteiger partial charge >= 0.3 is 6.17 Å². The van der Waals surface area contributed by atoms with Gasteiger partial charge in [0, 0.05) is 11.5 Å². The second kappa shape index (κ2) is 2.77. The van der Waals surface area contributed by atoms with Crippen molar-refractivity contribution in [2.45, 2.75) is 12.3 Å². The molecule has 0 aromatic rings. The average molecular weight is 184 g/mol. The molecule has 0 bridgehead atoms. The fourth-order valence-electron chi connectivity index (χ4n) is 1.51. The van der Waals surface area contributed by atoms with E-state index in [9.17, 15) is 15.2 Å². The maximum Gasteiger partial charge on any atom is 0.317 e. The van der Waals surface area contributed by atoms with Crippen LogP contribution in [0, 0.1) is 10.1 Å². The van der Waals surface area contributed by atoms with Crippen LogP contribution in [0.25, 0.3) is 0 Å². The van der Waals surface area contributed by atoms with Gasteiger partial charge in [-0.2, -0.15) is 5.11 Å². The molecule has 2 atom stereocenters. The Kier molecular flexibility index (Phi) is 1.73. The standard InChI is InChI=1S/C6H8N4O3/c11-4-3-5-8-7-1-2-9(5)6(4)10(12)13/h3-4,6,11H,1-2H2. The number of fused-ring (bicyclic) bond motifs is 1. The lowest BCUT2D eigenvalue weighted by Gasteiger charge is -2.23. The first-order valence-electron chi connectivity index (χ1n) is 3.87. The number of nitrogens with zero attached hydrogens (tertiary/aromatic N) is 4. The van der Waals surface area contributed by atoms with Gasteiger partial charge in [0.25, 0.3) is 0 Å². The van der Waals surface area contributed by atoms with E-state index in [0.717, 1.165) is 0 Å². The Labute approximate surface area is 73.5 Å². The molecule has 0 amide bonds. The smallest absolute Gasteiger partial charge is 0.317 e. The summed E-state index contributed by atoms with van der Waals surface area (Å²) in [6.07, 6.45) is -0.813. The number of hydrogen-bond donors (Lipinski definition) is 1. The zero-order valence-electron chi connectivity index (χ0n) is 6.70. The maximum absolute atomic E-state index is 10.6. The van der Waals surface area contributed by atoms with Gasteiger partial charge in [0.2, 0.25) is 0 Å². The van der Waals surface area contributed by atoms with Crippen molar-refractivity contribution >= 4 is 0 Å². The highest BCUT2D eigenvalue weighted by Crippen LogP contribution is 2.25. The quantitative estimate of drug-likeness (QED) is 0.442. The van der Waals surface area contributed by atoms with Crippen LogP contribution in [-0.2, 0) is 0 Å². The summed E-state index contributed by atoms with van der Waals surface area (Å²) in [6.45, 7) is 0.881. The lowest BCUT2D eigenvalue weighted by Crippen LogP contribution is -2.44. The Morgan fingerprint density at radius 1 is 1.77 bits per heavy atom. The minimum absolute atomic E-state index is 0.403. The van der Waals surface area contributed by atoms with Crippen LogP contribution in [0.4, 0.5) is 0 Å². The molecule has 2 heterocycles. The van der Waals surface area contributed by atoms with Gasteiger partial charge in [-0.1, -0.05) is 0 Å². The largest absolute Gasteiger partial charge is 0.380 e. The van der Waals surface area contributed by atoms with Gasteiger partial charge < -0.3 is 5.11 Å². The summed E-state index contributed by atoms with van der Waals surface area (Å²) in [7, 11) is 0. The average Bonchev–Trinajstić information content (AvgIpc) is 2.39. The third-order valence-corrected chi connectivity index (χ3v) is 2.07. The highest BCUT2D eigenvalue weighted by molar-refractivity contribution is 5.13. The first kappa shape index (κ1) is 8.11. The number of aliphatic hydroxyl groups excluding tert-OH is 1. The van der Waals surface area contributed by atoms with Gasteiger partial charge in [-0.25, -0.2) is 0 Å². The van der Waals surface area contributed by atoms with Crippen LogP contribution in [-0.4, -0.2) is 40.3 Å². The highest BCUT2D eigenvalue weighted by atomic mass is 16.6. The monoisotopic (exact) mass is 184 g/mol. The molecule has 2 rings (SSSR count). The van der Waals surface area contributed by atoms with E-state index in [1.54, 1.807) is 0 Å². The fourth-order valence-corrected chi connectivity index (χ4v) is 1.51. The van der Waals surface area contributed by atoms with Gasteiger partial charge in [0.1, 0.15) is 0 Å². The molecule has 13 heavy (non-hydrogen) atoms. The molecule has 7 nitrogen and oxygen atoms in total. The van der Waals surface area contributed by atoms with E-state index >= 15 is 0 Å². The number of azo groups is 1. The predicted molar refractivity (Wildman–Crippen MR) is 41.3 cm³/mol. The molecule has 0 spiro atoms. The Morgan fingerprint density at radius 2 is 2.54 bits per heavy atom. The van der Waals surface area contributed by atoms with Gasteiger partial charge in [0.05, 0.1) is 6.54 Å². The molecular formula is C6H8N4O3. The van der Waals surface area contributed by atoms with Crippen LogP contribution in [0.1, 0.15) is 0 Å². The molecule has 0 fully saturated rings. The molecule has 2 aliphatic heterocycles. The second-order valence-electron chi connectivity index (χ2n) is 2.87. The molecule has 2 aliphatic rings. The molecule has 7 heteroatoms. The Bertz CT molecular complexity index is 300. The Morgan fingerprint density at radius 3 is 3.23 bits per heavy atom. The third kappa shape index (κ3) is 1.17. The third-order valence-electron chi connectivity index (χ3n) is 2.07. The summed E-state index contributed by atoms with van der Waals surface area (Å²) in [6, 6.07) is 0. The minimum Gasteiger partial charge on any atom is -0.380 e. The topological polar surface area (TPSA) is 91.3 Å². The van der Waals surface area contributed by atoms with Crippen molar-refractivity contribution in [3.63, 3.8) is 0 Å². The summed E-state index contributed by atoms with van der Waals surface area (Å²) in [5, 5.41) is 27.3. The lowest BCUT2D eigenvalue weighted by atomic mass is 10.3. The van der Waals surface area contributed by atoms with E-state index in [4.69, 9.17) is 0 Å². The number of nitro groups is 1. The molecule has 0 saturated heterocycles. The van der Waals surface area contributed by atoms with E-state index in [0.29, 0.717) is 18.9 Å². The fraction of sp³-hybridized carbons (Fsp3) is 0.667. The summed E-state index contributed by atoms with van der Waals surface area (Å²) in [5.41, 5.74) is 0. The zero-order valence-corrected chi connectivity index (χ0v) is 6.70. The highest BCUT2D eigenvalue weighted by Gasteiger charge is 2.43. The van der Waals surface area contributed by atoms with Crippen molar-refractivity contribution in [1.82, 2.24) is 4.90 Å². The summed E-state index contributed by atoms with van der Waals surface area (Å²) in [4.78, 5) is 11.5. The normalized spacial score (nSPS) is 31.5. The second-order valence-corrected chi connectivity index (χ2v) is 2.87. The number of rotatable bonds is 1. The Hall–Kier alpha value is -1.50. The van der Waals surface area contributed by atoms with E-state index in [1.807, 2.05) is 0 Å². The van der Waals surface area contributed by atoms with Gasteiger partial charge in [-0.05, 0) is 6.08 Å². The molecule has 1 N–H and O–H groups in total. The van der Waals surface area contributed by atoms with E-state index in [-0.39, 0.29) is 0 Å². The first-order chi connectivity index (χ1) is 6.20. The zero-order chi connectivity index (χ0) is 9.42. The molecule has 0 radical (unpaired) electrons. The van der Waals surface area contributed by atoms with Crippen LogP contribution in [0.2, 0.25) is 0 Å². The van der Waals surface area contributed by atoms with Crippen molar-refractivity contribution in [3.8, 4) is 0 Å². The van der Waals surface area contributed by atoms with Crippen molar-refractivity contribution < 1.29 is 10.0 Å². The molecule has 0 saturated carbocycles. The van der Waals surface area contributed by atoms with Crippen LogP contribution in [0.3, 0.4) is 0 Å². The molecule has 0 aromatic carbocycles. The van der Waals surface area contributed by atoms with Gasteiger partial charge in [-0.3, -0.25) is 15.0 Å². The van der Waals surface area contributed by atoms with Gasteiger partial charge in [0.15, 0.2) is 11.9 Å². The molecule has 0 aromatic heterocycles. The molecule has 70 valence electrons. The van der Waals surface area contributed by atoms with Crippen molar-refractivity contribution in [1.29, 1.82) is 0 Å². The van der Waals surface area contributed by atoms with Crippen LogP contribution in [0.15, 0.2) is 22.1 Å². The van der Waals surface area contributed by atoms with Crippen molar-refractivity contribution in [3.05, 3.63) is 22.0 Å². The maximum atomic E-state index is 10.6. The minimum atomic E-state index is -1.09. The number of aliphatic hydroxyl groups is 1. The van der Waals surface area contributed by atoms with E-state index in [2.05, 4.69) is 10.2 Å². The molecule has 2 unspecified atom stereocenters. The van der Waals surface area contributed by atoms with Crippen LogP contribution >= 0.6 is 0 Å². The van der Waals surface area contributed by atoms with Crippen LogP contribution < -0.4 is 0 Å². The van der Waals surface area contributed by atoms with Crippen molar-refractivity contribution in [2.24, 2.45) is 10.2 Å². The van der Waals surface area contributed by atoms with Crippen LogP contribution in [0.5, 0.6) is 0 Å². The summed E-state index contributed by atoms with van der Waals surface area (Å²) >= 11 is 0. The summed E-state index contributed by atoms with van der Waals surface area (Å²) < 4.78 is 0. The van der Waals surface area contributed by atoms with E-state index < -0.39 is 17.2 Å². The Balaban J connectivity index is 2.27. The number of hydrogen-bond acceptors (Lipinski definition) is 6. The van der Waals surface area contributed by atoms with Gasteiger partial charge in [-0.15, -0.1) is 5.11 Å². The van der Waals surface area contributed by atoms with E-state index in [1.165, 1.54) is 11.0 Å². The summed E-state index contributed by atoms with van der Waals surface area (Å²) in [5.74, 6) is 0.403. The van der Waals surface area contributed by atoms with Crippen molar-refractivity contribution in [2.75, 3.05) is 13.1 Å². The molecular weight excluding hydrogens is 176 g/mol. The lowest BCUT2D eigenvalue weighted by molar-refractivity contribution is -0.554.